The number of aromatic nitrogens is 1. The first kappa shape index (κ1) is 11.8. The standard InChI is InChI=1S/C11H16FN5/c1-2-10-14-3-4-17(16-10)11-9(12)5-8(6-13)7-15-11/h5,7H,2-4,6,13H2,1H3,(H,14,16). The zero-order valence-corrected chi connectivity index (χ0v) is 9.78. The molecular formula is C11H16FN5. The number of hydrazine groups is 1. The topological polar surface area (TPSA) is 66.5 Å². The van der Waals surface area contributed by atoms with E-state index in [0.717, 1.165) is 12.3 Å². The van der Waals surface area contributed by atoms with Gasteiger partial charge in [-0.05, 0) is 11.6 Å². The van der Waals surface area contributed by atoms with Gasteiger partial charge >= 0.3 is 0 Å². The van der Waals surface area contributed by atoms with Crippen molar-refractivity contribution < 1.29 is 4.39 Å². The molecule has 0 aromatic carbocycles. The monoisotopic (exact) mass is 237 g/mol. The first-order valence-electron chi connectivity index (χ1n) is 5.66. The molecule has 3 N–H and O–H groups in total. The SMILES string of the molecule is CCC1=NCCN(c2ncc(CN)cc2F)N1. The van der Waals surface area contributed by atoms with Gasteiger partial charge in [0.25, 0.3) is 0 Å². The van der Waals surface area contributed by atoms with E-state index in [1.165, 1.54) is 6.07 Å². The Morgan fingerprint density at radius 2 is 2.41 bits per heavy atom. The summed E-state index contributed by atoms with van der Waals surface area (Å²) in [5.41, 5.74) is 9.17. The van der Waals surface area contributed by atoms with Crippen molar-refractivity contribution in [3.05, 3.63) is 23.6 Å². The molecule has 6 heteroatoms. The highest BCUT2D eigenvalue weighted by atomic mass is 19.1. The summed E-state index contributed by atoms with van der Waals surface area (Å²) in [6, 6.07) is 1.42. The van der Waals surface area contributed by atoms with E-state index in [0.29, 0.717) is 31.0 Å². The highest BCUT2D eigenvalue weighted by Gasteiger charge is 2.17. The van der Waals surface area contributed by atoms with E-state index >= 15 is 0 Å². The average Bonchev–Trinajstić information content (AvgIpc) is 2.38. The molecule has 5 nitrogen and oxygen atoms in total. The lowest BCUT2D eigenvalue weighted by Crippen LogP contribution is -2.48. The van der Waals surface area contributed by atoms with Crippen molar-refractivity contribution >= 4 is 11.7 Å². The number of nitrogens with one attached hydrogen (secondary N) is 1. The third-order valence-corrected chi connectivity index (χ3v) is 2.59. The second kappa shape index (κ2) is 5.09. The van der Waals surface area contributed by atoms with Gasteiger partial charge < -0.3 is 5.73 Å². The van der Waals surface area contributed by atoms with Crippen LogP contribution < -0.4 is 16.2 Å². The summed E-state index contributed by atoms with van der Waals surface area (Å²) < 4.78 is 13.8. The number of amidine groups is 1. The molecule has 0 unspecified atom stereocenters. The number of rotatable bonds is 3. The lowest BCUT2D eigenvalue weighted by atomic mass is 10.2. The van der Waals surface area contributed by atoms with Gasteiger partial charge in [0.05, 0.1) is 13.1 Å². The van der Waals surface area contributed by atoms with Gasteiger partial charge in [-0.3, -0.25) is 15.4 Å². The van der Waals surface area contributed by atoms with Gasteiger partial charge in [0.2, 0.25) is 0 Å². The quantitative estimate of drug-likeness (QED) is 0.816. The van der Waals surface area contributed by atoms with Gasteiger partial charge in [-0.15, -0.1) is 0 Å². The molecule has 92 valence electrons. The van der Waals surface area contributed by atoms with Crippen LogP contribution in [0.4, 0.5) is 10.2 Å². The maximum atomic E-state index is 13.8. The molecule has 0 saturated carbocycles. The van der Waals surface area contributed by atoms with E-state index in [9.17, 15) is 4.39 Å². The normalized spacial score (nSPS) is 15.5. The maximum Gasteiger partial charge on any atom is 0.183 e. The predicted octanol–water partition coefficient (Wildman–Crippen LogP) is 0.813. The zero-order chi connectivity index (χ0) is 12.3. The van der Waals surface area contributed by atoms with Crippen LogP contribution in [0.2, 0.25) is 0 Å². The average molecular weight is 237 g/mol. The number of hydrogen-bond acceptors (Lipinski definition) is 5. The minimum absolute atomic E-state index is 0.291. The molecule has 1 aliphatic rings. The molecular weight excluding hydrogens is 221 g/mol. The van der Waals surface area contributed by atoms with Crippen molar-refractivity contribution in [3.63, 3.8) is 0 Å². The fourth-order valence-corrected chi connectivity index (χ4v) is 1.66. The Labute approximate surface area is 99.5 Å². The summed E-state index contributed by atoms with van der Waals surface area (Å²) in [5.74, 6) is 0.779. The minimum Gasteiger partial charge on any atom is -0.326 e. The number of pyridine rings is 1. The van der Waals surface area contributed by atoms with E-state index in [1.807, 2.05) is 6.92 Å². The van der Waals surface area contributed by atoms with E-state index in [4.69, 9.17) is 5.73 Å². The molecule has 0 atom stereocenters. The highest BCUT2D eigenvalue weighted by molar-refractivity contribution is 5.84. The number of anilines is 1. The lowest BCUT2D eigenvalue weighted by molar-refractivity contribution is 0.593. The fourth-order valence-electron chi connectivity index (χ4n) is 1.66. The molecule has 0 bridgehead atoms. The van der Waals surface area contributed by atoms with Crippen molar-refractivity contribution in [2.45, 2.75) is 19.9 Å². The molecule has 2 rings (SSSR count). The van der Waals surface area contributed by atoms with Gasteiger partial charge in [0.15, 0.2) is 11.6 Å². The van der Waals surface area contributed by atoms with Crippen molar-refractivity contribution in [2.75, 3.05) is 18.1 Å². The van der Waals surface area contributed by atoms with Crippen molar-refractivity contribution in [1.29, 1.82) is 0 Å². The number of aliphatic imine (C=N–C) groups is 1. The van der Waals surface area contributed by atoms with Crippen LogP contribution in [-0.2, 0) is 6.54 Å². The summed E-state index contributed by atoms with van der Waals surface area (Å²) in [4.78, 5) is 8.38. The van der Waals surface area contributed by atoms with E-state index < -0.39 is 0 Å². The Hall–Kier alpha value is -1.69. The largest absolute Gasteiger partial charge is 0.326 e. The van der Waals surface area contributed by atoms with Crippen LogP contribution in [0, 0.1) is 5.82 Å². The van der Waals surface area contributed by atoms with Gasteiger partial charge in [-0.1, -0.05) is 6.92 Å². The number of halogens is 1. The van der Waals surface area contributed by atoms with Gasteiger partial charge in [-0.2, -0.15) is 0 Å². The molecule has 1 aromatic rings. The Kier molecular flexibility index (Phi) is 3.53. The van der Waals surface area contributed by atoms with Crippen LogP contribution in [0.3, 0.4) is 0 Å². The summed E-state index contributed by atoms with van der Waals surface area (Å²) in [6.07, 6.45) is 2.39. The number of nitrogens with zero attached hydrogens (tertiary/aromatic N) is 3. The first-order chi connectivity index (χ1) is 8.24. The van der Waals surface area contributed by atoms with Crippen molar-refractivity contribution in [3.8, 4) is 0 Å². The number of nitrogens with two attached hydrogens (primary N) is 1. The molecule has 1 aliphatic heterocycles. The van der Waals surface area contributed by atoms with Crippen molar-refractivity contribution in [2.24, 2.45) is 10.7 Å². The van der Waals surface area contributed by atoms with Gasteiger partial charge in [-0.25, -0.2) is 9.37 Å². The summed E-state index contributed by atoms with van der Waals surface area (Å²) in [5, 5.41) is 1.68. The summed E-state index contributed by atoms with van der Waals surface area (Å²) >= 11 is 0. The molecule has 0 fully saturated rings. The van der Waals surface area contributed by atoms with Crippen LogP contribution in [0.1, 0.15) is 18.9 Å². The lowest BCUT2D eigenvalue weighted by Gasteiger charge is -2.29. The van der Waals surface area contributed by atoms with Gasteiger partial charge in [0.1, 0.15) is 5.84 Å². The summed E-state index contributed by atoms with van der Waals surface area (Å²) in [7, 11) is 0. The molecule has 0 spiro atoms. The molecule has 0 aliphatic carbocycles. The molecule has 0 amide bonds. The third kappa shape index (κ3) is 2.52. The van der Waals surface area contributed by atoms with Gasteiger partial charge in [0, 0.05) is 19.2 Å². The Bertz CT molecular complexity index is 432. The second-order valence-corrected chi connectivity index (χ2v) is 3.80. The van der Waals surface area contributed by atoms with Crippen LogP contribution in [-0.4, -0.2) is 23.9 Å². The molecule has 0 radical (unpaired) electrons. The molecule has 2 heterocycles. The third-order valence-electron chi connectivity index (χ3n) is 2.59. The minimum atomic E-state index is -0.363. The number of hydrogen-bond donors (Lipinski definition) is 2. The highest BCUT2D eigenvalue weighted by Crippen LogP contribution is 2.16. The van der Waals surface area contributed by atoms with Crippen LogP contribution in [0.15, 0.2) is 17.3 Å². The Morgan fingerprint density at radius 1 is 1.59 bits per heavy atom. The smallest absolute Gasteiger partial charge is 0.183 e. The zero-order valence-electron chi connectivity index (χ0n) is 9.78. The van der Waals surface area contributed by atoms with Crippen molar-refractivity contribution in [1.82, 2.24) is 10.4 Å². The van der Waals surface area contributed by atoms with Crippen LogP contribution in [0.25, 0.3) is 0 Å². The van der Waals surface area contributed by atoms with E-state index in [2.05, 4.69) is 15.4 Å². The fraction of sp³-hybridized carbons (Fsp3) is 0.455. The van der Waals surface area contributed by atoms with E-state index in [-0.39, 0.29) is 5.82 Å². The van der Waals surface area contributed by atoms with E-state index in [1.54, 1.807) is 11.2 Å². The van der Waals surface area contributed by atoms with Crippen LogP contribution in [0.5, 0.6) is 0 Å². The molecule has 17 heavy (non-hydrogen) atoms. The Morgan fingerprint density at radius 3 is 3.06 bits per heavy atom. The first-order valence-corrected chi connectivity index (χ1v) is 5.66. The second-order valence-electron chi connectivity index (χ2n) is 3.80. The molecule has 0 saturated heterocycles. The maximum absolute atomic E-state index is 13.8. The summed E-state index contributed by atoms with van der Waals surface area (Å²) in [6.45, 7) is 3.54. The predicted molar refractivity (Wildman–Crippen MR) is 65.2 cm³/mol. The Balaban J connectivity index is 2.20. The van der Waals surface area contributed by atoms with Crippen LogP contribution >= 0.6 is 0 Å². The molecule has 1 aromatic heterocycles.